The van der Waals surface area contributed by atoms with E-state index in [0.29, 0.717) is 12.3 Å². The highest BCUT2D eigenvalue weighted by Gasteiger charge is 2.13. The second-order valence-corrected chi connectivity index (χ2v) is 4.19. The number of aromatic hydroxyl groups is 1. The zero-order valence-corrected chi connectivity index (χ0v) is 10.1. The van der Waals surface area contributed by atoms with Crippen LogP contribution in [0.3, 0.4) is 0 Å². The van der Waals surface area contributed by atoms with Gasteiger partial charge in [-0.2, -0.15) is 0 Å². The van der Waals surface area contributed by atoms with Gasteiger partial charge >= 0.3 is 0 Å². The zero-order valence-electron chi connectivity index (χ0n) is 10.1. The van der Waals surface area contributed by atoms with Gasteiger partial charge in [0.1, 0.15) is 5.75 Å². The maximum Gasteiger partial charge on any atom is 0.226 e. The molecule has 0 aliphatic heterocycles. The monoisotopic (exact) mass is 221 g/mol. The van der Waals surface area contributed by atoms with Gasteiger partial charge in [0.25, 0.3) is 0 Å². The predicted molar refractivity (Wildman–Crippen MR) is 65.6 cm³/mol. The predicted octanol–water partition coefficient (Wildman–Crippen LogP) is 2.79. The summed E-state index contributed by atoms with van der Waals surface area (Å²) in [6.07, 6.45) is 1.54. The molecule has 0 heterocycles. The molecule has 0 saturated carbocycles. The highest BCUT2D eigenvalue weighted by atomic mass is 16.3. The molecule has 3 nitrogen and oxygen atoms in total. The van der Waals surface area contributed by atoms with Crippen LogP contribution in [0.2, 0.25) is 0 Å². The number of hydrogen-bond acceptors (Lipinski definition) is 2. The lowest BCUT2D eigenvalue weighted by Gasteiger charge is -2.19. The number of phenols is 1. The van der Waals surface area contributed by atoms with Crippen LogP contribution in [0.15, 0.2) is 24.3 Å². The Morgan fingerprint density at radius 3 is 2.75 bits per heavy atom. The quantitative estimate of drug-likeness (QED) is 0.849. The van der Waals surface area contributed by atoms with Crippen molar-refractivity contribution in [1.29, 1.82) is 0 Å². The Kier molecular flexibility index (Phi) is 4.35. The molecule has 1 aromatic rings. The average molecular weight is 221 g/mol. The molecule has 0 spiro atoms. The number of rotatable bonds is 4. The summed E-state index contributed by atoms with van der Waals surface area (Å²) < 4.78 is 0. The number of carbonyl (C=O) groups excluding carboxylic acids is 1. The smallest absolute Gasteiger partial charge is 0.226 e. The SMILES string of the molecule is CCC(C)CC(=O)N(C)c1cccc(O)c1. The first-order chi connectivity index (χ1) is 7.54. The van der Waals surface area contributed by atoms with E-state index < -0.39 is 0 Å². The van der Waals surface area contributed by atoms with Gasteiger partial charge in [-0.05, 0) is 18.1 Å². The Balaban J connectivity index is 2.70. The summed E-state index contributed by atoms with van der Waals surface area (Å²) in [6.45, 7) is 4.14. The first-order valence-corrected chi connectivity index (χ1v) is 5.60. The fourth-order valence-electron chi connectivity index (χ4n) is 1.43. The minimum Gasteiger partial charge on any atom is -0.508 e. The van der Waals surface area contributed by atoms with Crippen LogP contribution in [-0.2, 0) is 4.79 Å². The van der Waals surface area contributed by atoms with Gasteiger partial charge in [-0.25, -0.2) is 0 Å². The van der Waals surface area contributed by atoms with Gasteiger partial charge in [-0.15, -0.1) is 0 Å². The summed E-state index contributed by atoms with van der Waals surface area (Å²) in [7, 11) is 1.74. The molecule has 88 valence electrons. The van der Waals surface area contributed by atoms with Crippen molar-refractivity contribution in [2.24, 2.45) is 5.92 Å². The minimum absolute atomic E-state index is 0.0833. The molecular weight excluding hydrogens is 202 g/mol. The van der Waals surface area contributed by atoms with Gasteiger partial charge in [0.2, 0.25) is 5.91 Å². The van der Waals surface area contributed by atoms with Crippen molar-refractivity contribution in [1.82, 2.24) is 0 Å². The Morgan fingerprint density at radius 2 is 2.19 bits per heavy atom. The molecule has 0 aromatic heterocycles. The van der Waals surface area contributed by atoms with Crippen LogP contribution in [-0.4, -0.2) is 18.1 Å². The van der Waals surface area contributed by atoms with Crippen molar-refractivity contribution in [2.45, 2.75) is 26.7 Å². The van der Waals surface area contributed by atoms with Gasteiger partial charge in [-0.1, -0.05) is 26.3 Å². The third kappa shape index (κ3) is 3.26. The molecule has 1 aromatic carbocycles. The van der Waals surface area contributed by atoms with E-state index in [0.717, 1.165) is 12.1 Å². The maximum atomic E-state index is 11.9. The molecule has 0 radical (unpaired) electrons. The fourth-order valence-corrected chi connectivity index (χ4v) is 1.43. The van der Waals surface area contributed by atoms with Crippen LogP contribution in [0.1, 0.15) is 26.7 Å². The molecule has 0 aliphatic carbocycles. The number of phenolic OH excluding ortho intramolecular Hbond substituents is 1. The zero-order chi connectivity index (χ0) is 12.1. The summed E-state index contributed by atoms with van der Waals surface area (Å²) in [5.74, 6) is 0.660. The molecule has 0 saturated heterocycles. The normalized spacial score (nSPS) is 12.2. The van der Waals surface area contributed by atoms with Gasteiger partial charge < -0.3 is 10.0 Å². The molecular formula is C13H19NO2. The molecule has 1 rings (SSSR count). The third-order valence-corrected chi connectivity index (χ3v) is 2.81. The van der Waals surface area contributed by atoms with Crippen LogP contribution in [0, 0.1) is 5.92 Å². The van der Waals surface area contributed by atoms with E-state index in [1.807, 2.05) is 6.07 Å². The maximum absolute atomic E-state index is 11.9. The average Bonchev–Trinajstić information content (AvgIpc) is 2.27. The van der Waals surface area contributed by atoms with E-state index in [2.05, 4.69) is 13.8 Å². The van der Waals surface area contributed by atoms with Crippen molar-refractivity contribution in [2.75, 3.05) is 11.9 Å². The fraction of sp³-hybridized carbons (Fsp3) is 0.462. The molecule has 0 bridgehead atoms. The largest absolute Gasteiger partial charge is 0.508 e. The van der Waals surface area contributed by atoms with E-state index in [9.17, 15) is 9.90 Å². The van der Waals surface area contributed by atoms with Crippen molar-refractivity contribution in [3.05, 3.63) is 24.3 Å². The summed E-state index contributed by atoms with van der Waals surface area (Å²) in [5.41, 5.74) is 0.730. The summed E-state index contributed by atoms with van der Waals surface area (Å²) in [4.78, 5) is 13.5. The Hall–Kier alpha value is -1.51. The van der Waals surface area contributed by atoms with Crippen LogP contribution < -0.4 is 4.90 Å². The summed E-state index contributed by atoms with van der Waals surface area (Å²) in [5, 5.41) is 9.33. The van der Waals surface area contributed by atoms with E-state index in [1.54, 1.807) is 30.1 Å². The highest BCUT2D eigenvalue weighted by Crippen LogP contribution is 2.20. The van der Waals surface area contributed by atoms with Crippen molar-refractivity contribution in [3.8, 4) is 5.75 Å². The lowest BCUT2D eigenvalue weighted by Crippen LogP contribution is -2.27. The van der Waals surface area contributed by atoms with Crippen molar-refractivity contribution < 1.29 is 9.90 Å². The molecule has 16 heavy (non-hydrogen) atoms. The molecule has 3 heteroatoms. The van der Waals surface area contributed by atoms with Crippen LogP contribution in [0.5, 0.6) is 5.75 Å². The first-order valence-electron chi connectivity index (χ1n) is 5.60. The molecule has 1 atom stereocenters. The molecule has 1 unspecified atom stereocenters. The summed E-state index contributed by atoms with van der Waals surface area (Å²) >= 11 is 0. The topological polar surface area (TPSA) is 40.5 Å². The van der Waals surface area contributed by atoms with Crippen LogP contribution in [0.4, 0.5) is 5.69 Å². The standard InChI is InChI=1S/C13H19NO2/c1-4-10(2)8-13(16)14(3)11-6-5-7-12(15)9-11/h5-7,9-10,15H,4,8H2,1-3H3. The van der Waals surface area contributed by atoms with Crippen LogP contribution in [0.25, 0.3) is 0 Å². The third-order valence-electron chi connectivity index (χ3n) is 2.81. The minimum atomic E-state index is 0.0833. The van der Waals surface area contributed by atoms with Gasteiger partial charge in [0.05, 0.1) is 0 Å². The van der Waals surface area contributed by atoms with E-state index in [-0.39, 0.29) is 11.7 Å². The molecule has 0 fully saturated rings. The number of benzene rings is 1. The molecule has 0 aliphatic rings. The first kappa shape index (κ1) is 12.6. The van der Waals surface area contributed by atoms with E-state index in [1.165, 1.54) is 0 Å². The van der Waals surface area contributed by atoms with Gasteiger partial charge in [-0.3, -0.25) is 4.79 Å². The lowest BCUT2D eigenvalue weighted by atomic mass is 10.0. The molecule has 1 N–H and O–H groups in total. The van der Waals surface area contributed by atoms with E-state index >= 15 is 0 Å². The second-order valence-electron chi connectivity index (χ2n) is 4.19. The van der Waals surface area contributed by atoms with Crippen molar-refractivity contribution in [3.63, 3.8) is 0 Å². The van der Waals surface area contributed by atoms with Gasteiger partial charge in [0, 0.05) is 25.2 Å². The van der Waals surface area contributed by atoms with E-state index in [4.69, 9.17) is 0 Å². The Bertz CT molecular complexity index is 363. The second kappa shape index (κ2) is 5.54. The summed E-state index contributed by atoms with van der Waals surface area (Å²) in [6, 6.07) is 6.73. The molecule has 1 amide bonds. The lowest BCUT2D eigenvalue weighted by molar-refractivity contribution is -0.119. The van der Waals surface area contributed by atoms with Crippen LogP contribution >= 0.6 is 0 Å². The number of anilines is 1. The van der Waals surface area contributed by atoms with Crippen molar-refractivity contribution >= 4 is 11.6 Å². The number of carbonyl (C=O) groups is 1. The van der Waals surface area contributed by atoms with Gasteiger partial charge in [0.15, 0.2) is 0 Å². The highest BCUT2D eigenvalue weighted by molar-refractivity contribution is 5.93. The number of hydrogen-bond donors (Lipinski definition) is 1. The Morgan fingerprint density at radius 1 is 1.50 bits per heavy atom. The number of nitrogens with zero attached hydrogens (tertiary/aromatic N) is 1. The number of amides is 1. The Labute approximate surface area is 96.7 Å².